The molecule has 7 heteroatoms. The minimum Gasteiger partial charge on any atom is -0.496 e. The largest absolute Gasteiger partial charge is 0.496 e. The van der Waals surface area contributed by atoms with Crippen LogP contribution in [0.2, 0.25) is 0 Å². The van der Waals surface area contributed by atoms with Crippen LogP contribution in [0.4, 0.5) is 0 Å². The highest BCUT2D eigenvalue weighted by Crippen LogP contribution is 2.28. The zero-order valence-corrected chi connectivity index (χ0v) is 17.1. The van der Waals surface area contributed by atoms with Crippen LogP contribution in [0.25, 0.3) is 0 Å². The molecule has 0 saturated carbocycles. The topological polar surface area (TPSA) is 76.7 Å². The second-order valence-corrected chi connectivity index (χ2v) is 6.84. The molecule has 2 N–H and O–H groups in total. The molecule has 0 fully saturated rings. The Hall–Kier alpha value is -2.54. The molecule has 2 amide bonds. The number of hydrogen-bond acceptors (Lipinski definition) is 4. The van der Waals surface area contributed by atoms with Gasteiger partial charge in [0, 0.05) is 5.56 Å². The molecular formula is C20H23BrN2O4. The van der Waals surface area contributed by atoms with Gasteiger partial charge in [-0.05, 0) is 58.1 Å². The first-order valence-electron chi connectivity index (χ1n) is 8.60. The second-order valence-electron chi connectivity index (χ2n) is 5.99. The van der Waals surface area contributed by atoms with Gasteiger partial charge in [-0.15, -0.1) is 0 Å². The van der Waals surface area contributed by atoms with E-state index < -0.39 is 11.8 Å². The van der Waals surface area contributed by atoms with Crippen molar-refractivity contribution in [2.45, 2.75) is 26.2 Å². The Bertz CT molecular complexity index is 810. The number of nitrogens with one attached hydrogen (secondary N) is 2. The van der Waals surface area contributed by atoms with Gasteiger partial charge in [-0.2, -0.15) is 0 Å². The van der Waals surface area contributed by atoms with Crippen LogP contribution in [-0.2, 0) is 4.79 Å². The Morgan fingerprint density at radius 1 is 1.11 bits per heavy atom. The third-order valence-corrected chi connectivity index (χ3v) is 4.77. The number of hydrogen-bond donors (Lipinski definition) is 2. The molecule has 0 bridgehead atoms. The summed E-state index contributed by atoms with van der Waals surface area (Å²) in [6.07, 6.45) is 0.972. The molecule has 0 aromatic heterocycles. The van der Waals surface area contributed by atoms with E-state index >= 15 is 0 Å². The van der Waals surface area contributed by atoms with Crippen molar-refractivity contribution in [1.29, 1.82) is 0 Å². The highest BCUT2D eigenvalue weighted by Gasteiger charge is 2.13. The van der Waals surface area contributed by atoms with Gasteiger partial charge in [0.15, 0.2) is 6.61 Å². The second kappa shape index (κ2) is 9.97. The van der Waals surface area contributed by atoms with Gasteiger partial charge < -0.3 is 9.47 Å². The van der Waals surface area contributed by atoms with Crippen LogP contribution < -0.4 is 20.3 Å². The van der Waals surface area contributed by atoms with Crippen molar-refractivity contribution in [3.8, 4) is 11.5 Å². The Morgan fingerprint density at radius 2 is 1.85 bits per heavy atom. The van der Waals surface area contributed by atoms with Crippen LogP contribution in [0.1, 0.15) is 42.1 Å². The fourth-order valence-electron chi connectivity index (χ4n) is 2.42. The number of ether oxygens (including phenoxy) is 2. The lowest BCUT2D eigenvalue weighted by molar-refractivity contribution is -0.123. The lowest BCUT2D eigenvalue weighted by atomic mass is 9.98. The molecule has 1 unspecified atom stereocenters. The molecule has 2 aromatic rings. The van der Waals surface area contributed by atoms with Gasteiger partial charge in [-0.1, -0.05) is 32.0 Å². The average molecular weight is 435 g/mol. The average Bonchev–Trinajstić information content (AvgIpc) is 2.69. The maximum atomic E-state index is 12.1. The molecule has 0 radical (unpaired) electrons. The normalized spacial score (nSPS) is 11.4. The monoisotopic (exact) mass is 434 g/mol. The molecule has 0 aliphatic rings. The first-order valence-corrected chi connectivity index (χ1v) is 9.40. The molecule has 0 spiro atoms. The Balaban J connectivity index is 1.88. The van der Waals surface area contributed by atoms with Crippen molar-refractivity contribution in [3.05, 3.63) is 58.1 Å². The zero-order chi connectivity index (χ0) is 19.8. The maximum absolute atomic E-state index is 12.1. The smallest absolute Gasteiger partial charge is 0.276 e. The van der Waals surface area contributed by atoms with E-state index in [1.54, 1.807) is 25.3 Å². The van der Waals surface area contributed by atoms with Crippen molar-refractivity contribution in [3.63, 3.8) is 0 Å². The number of amides is 2. The Labute approximate surface area is 167 Å². The van der Waals surface area contributed by atoms with Gasteiger partial charge in [-0.25, -0.2) is 0 Å². The van der Waals surface area contributed by atoms with Crippen molar-refractivity contribution >= 4 is 27.7 Å². The van der Waals surface area contributed by atoms with Crippen LogP contribution in [0.15, 0.2) is 46.9 Å². The molecule has 2 aromatic carbocycles. The van der Waals surface area contributed by atoms with Gasteiger partial charge in [0.2, 0.25) is 0 Å². The Morgan fingerprint density at radius 3 is 2.52 bits per heavy atom. The van der Waals surface area contributed by atoms with E-state index in [0.29, 0.717) is 27.5 Å². The number of halogens is 1. The molecule has 144 valence electrons. The summed E-state index contributed by atoms with van der Waals surface area (Å²) >= 11 is 3.32. The summed E-state index contributed by atoms with van der Waals surface area (Å²) in [4.78, 5) is 24.1. The molecule has 27 heavy (non-hydrogen) atoms. The highest BCUT2D eigenvalue weighted by atomic mass is 79.9. The van der Waals surface area contributed by atoms with Gasteiger partial charge in [-0.3, -0.25) is 20.4 Å². The third kappa shape index (κ3) is 5.72. The lowest BCUT2D eigenvalue weighted by Gasteiger charge is -2.15. The van der Waals surface area contributed by atoms with Gasteiger partial charge >= 0.3 is 0 Å². The number of para-hydroxylation sites is 1. The quantitative estimate of drug-likeness (QED) is 0.649. The van der Waals surface area contributed by atoms with Crippen molar-refractivity contribution in [2.24, 2.45) is 0 Å². The van der Waals surface area contributed by atoms with E-state index in [4.69, 9.17) is 9.47 Å². The molecule has 1 atom stereocenters. The van der Waals surface area contributed by atoms with E-state index in [-0.39, 0.29) is 6.61 Å². The summed E-state index contributed by atoms with van der Waals surface area (Å²) in [6.45, 7) is 4.01. The summed E-state index contributed by atoms with van der Waals surface area (Å²) in [5, 5.41) is 0. The SMILES string of the molecule is CCC(C)c1ccccc1OCC(=O)NNC(=O)c1ccc(OC)c(Br)c1. The summed E-state index contributed by atoms with van der Waals surface area (Å²) in [5.41, 5.74) is 6.16. The molecule has 0 saturated heterocycles. The molecule has 6 nitrogen and oxygen atoms in total. The number of benzene rings is 2. The standard InChI is InChI=1S/C20H23BrN2O4/c1-4-13(2)15-7-5-6-8-17(15)27-12-19(24)22-23-20(25)14-9-10-18(26-3)16(21)11-14/h5-11,13H,4,12H2,1-3H3,(H,22,24)(H,23,25). The van der Waals surface area contributed by atoms with Gasteiger partial charge in [0.25, 0.3) is 11.8 Å². The minimum atomic E-state index is -0.449. The lowest BCUT2D eigenvalue weighted by Crippen LogP contribution is -2.43. The first kappa shape index (κ1) is 20.8. The van der Waals surface area contributed by atoms with Crippen LogP contribution in [0.5, 0.6) is 11.5 Å². The number of carbonyl (C=O) groups excluding carboxylic acids is 2. The Kier molecular flexibility index (Phi) is 7.67. The van der Waals surface area contributed by atoms with Crippen LogP contribution in [-0.4, -0.2) is 25.5 Å². The zero-order valence-electron chi connectivity index (χ0n) is 15.5. The van der Waals surface area contributed by atoms with E-state index in [1.807, 2.05) is 24.3 Å². The van der Waals surface area contributed by atoms with Crippen LogP contribution >= 0.6 is 15.9 Å². The van der Waals surface area contributed by atoms with Crippen LogP contribution in [0, 0.1) is 0 Å². The minimum absolute atomic E-state index is 0.194. The molecule has 0 heterocycles. The van der Waals surface area contributed by atoms with E-state index in [9.17, 15) is 9.59 Å². The third-order valence-electron chi connectivity index (χ3n) is 4.15. The number of rotatable bonds is 7. The molecular weight excluding hydrogens is 412 g/mol. The predicted molar refractivity (Wildman–Crippen MR) is 107 cm³/mol. The summed E-state index contributed by atoms with van der Waals surface area (Å²) < 4.78 is 11.4. The van der Waals surface area contributed by atoms with E-state index in [2.05, 4.69) is 40.6 Å². The summed E-state index contributed by atoms with van der Waals surface area (Å²) in [5.74, 6) is 0.732. The number of carbonyl (C=O) groups is 2. The summed E-state index contributed by atoms with van der Waals surface area (Å²) in [7, 11) is 1.54. The van der Waals surface area contributed by atoms with Gasteiger partial charge in [0.1, 0.15) is 11.5 Å². The predicted octanol–water partition coefficient (Wildman–Crippen LogP) is 3.81. The molecule has 0 aliphatic carbocycles. The fourth-order valence-corrected chi connectivity index (χ4v) is 2.97. The molecule has 2 rings (SSSR count). The van der Waals surface area contributed by atoms with Crippen molar-refractivity contribution < 1.29 is 19.1 Å². The van der Waals surface area contributed by atoms with E-state index in [0.717, 1.165) is 12.0 Å². The molecule has 0 aliphatic heterocycles. The van der Waals surface area contributed by atoms with Crippen LogP contribution in [0.3, 0.4) is 0 Å². The number of methoxy groups -OCH3 is 1. The van der Waals surface area contributed by atoms with Crippen molar-refractivity contribution in [2.75, 3.05) is 13.7 Å². The maximum Gasteiger partial charge on any atom is 0.276 e. The van der Waals surface area contributed by atoms with Gasteiger partial charge in [0.05, 0.1) is 11.6 Å². The van der Waals surface area contributed by atoms with Crippen molar-refractivity contribution in [1.82, 2.24) is 10.9 Å². The number of hydrazine groups is 1. The fraction of sp³-hybridized carbons (Fsp3) is 0.300. The highest BCUT2D eigenvalue weighted by molar-refractivity contribution is 9.10. The first-order chi connectivity index (χ1) is 13.0. The van der Waals surface area contributed by atoms with E-state index in [1.165, 1.54) is 0 Å². The summed E-state index contributed by atoms with van der Waals surface area (Å²) in [6, 6.07) is 12.5.